The summed E-state index contributed by atoms with van der Waals surface area (Å²) in [7, 11) is 0. The first-order valence-electron chi connectivity index (χ1n) is 6.72. The van der Waals surface area contributed by atoms with E-state index in [4.69, 9.17) is 0 Å². The van der Waals surface area contributed by atoms with Crippen molar-refractivity contribution in [1.82, 2.24) is 10.3 Å². The third-order valence-corrected chi connectivity index (χ3v) is 3.71. The van der Waals surface area contributed by atoms with E-state index in [1.54, 1.807) is 0 Å². The smallest absolute Gasteiger partial charge is 0.102 e. The minimum atomic E-state index is 0.0494. The predicted octanol–water partition coefficient (Wildman–Crippen LogP) is 3.91. The Morgan fingerprint density at radius 2 is 1.75 bits per heavy atom. The Morgan fingerprint density at radius 1 is 0.900 bits per heavy atom. The number of aromatic nitrogens is 1. The lowest BCUT2D eigenvalue weighted by Crippen LogP contribution is -2.15. The van der Waals surface area contributed by atoms with Gasteiger partial charge in [0, 0.05) is 17.8 Å². The van der Waals surface area contributed by atoms with E-state index in [0.29, 0.717) is 0 Å². The van der Waals surface area contributed by atoms with Gasteiger partial charge >= 0.3 is 0 Å². The average Bonchev–Trinajstić information content (AvgIpc) is 2.54. The maximum atomic E-state index is 4.63. The molecule has 2 nitrogen and oxygen atoms in total. The maximum Gasteiger partial charge on any atom is 0.102 e. The lowest BCUT2D eigenvalue weighted by Gasteiger charge is -2.21. The molecule has 0 amide bonds. The Morgan fingerprint density at radius 3 is 2.75 bits per heavy atom. The van der Waals surface area contributed by atoms with Gasteiger partial charge in [-0.3, -0.25) is 10.3 Å². The van der Waals surface area contributed by atoms with Crippen molar-refractivity contribution < 1.29 is 0 Å². The quantitative estimate of drug-likeness (QED) is 0.649. The second-order valence-electron chi connectivity index (χ2n) is 4.96. The fourth-order valence-corrected chi connectivity index (χ4v) is 2.70. The predicted molar refractivity (Wildman–Crippen MR) is 81.2 cm³/mol. The van der Waals surface area contributed by atoms with Crippen molar-refractivity contribution in [2.75, 3.05) is 0 Å². The number of hydrogen-bond donors (Lipinski definition) is 0. The molecule has 0 aliphatic carbocycles. The van der Waals surface area contributed by atoms with Crippen LogP contribution in [0.5, 0.6) is 0 Å². The molecule has 0 N–H and O–H groups in total. The second-order valence-corrected chi connectivity index (χ2v) is 4.96. The Kier molecular flexibility index (Phi) is 2.52. The molecule has 2 heterocycles. The summed E-state index contributed by atoms with van der Waals surface area (Å²) in [5, 5.41) is 5.79. The molecule has 1 atom stereocenters. The van der Waals surface area contributed by atoms with Crippen molar-refractivity contribution in [2.45, 2.75) is 6.04 Å². The van der Waals surface area contributed by atoms with Crippen molar-refractivity contribution in [3.63, 3.8) is 0 Å². The summed E-state index contributed by atoms with van der Waals surface area (Å²) in [5.74, 6) is 0. The zero-order chi connectivity index (χ0) is 13.4. The Labute approximate surface area is 117 Å². The van der Waals surface area contributed by atoms with E-state index in [1.165, 1.54) is 11.1 Å². The SMILES string of the molecule is C1=Cc2ccccc2C(c2cnc3ccccc3c2)[N]1. The van der Waals surface area contributed by atoms with Crippen LogP contribution in [-0.4, -0.2) is 4.98 Å². The number of fused-ring (bicyclic) bond motifs is 2. The monoisotopic (exact) mass is 257 g/mol. The zero-order valence-corrected chi connectivity index (χ0v) is 10.9. The van der Waals surface area contributed by atoms with Gasteiger partial charge in [-0.2, -0.15) is 0 Å². The van der Waals surface area contributed by atoms with Gasteiger partial charge in [-0.15, -0.1) is 0 Å². The molecule has 0 bridgehead atoms. The number of pyridine rings is 1. The highest BCUT2D eigenvalue weighted by molar-refractivity contribution is 5.79. The van der Waals surface area contributed by atoms with Crippen LogP contribution in [0.3, 0.4) is 0 Å². The van der Waals surface area contributed by atoms with E-state index in [9.17, 15) is 0 Å². The van der Waals surface area contributed by atoms with Gasteiger partial charge in [0.05, 0.1) is 5.52 Å². The van der Waals surface area contributed by atoms with Crippen molar-refractivity contribution >= 4 is 17.0 Å². The molecular weight excluding hydrogens is 244 g/mol. The maximum absolute atomic E-state index is 4.63. The summed E-state index contributed by atoms with van der Waals surface area (Å²) < 4.78 is 0. The Bertz CT molecular complexity index is 805. The number of benzene rings is 2. The number of para-hydroxylation sites is 1. The lowest BCUT2D eigenvalue weighted by molar-refractivity contribution is 0.705. The molecule has 0 saturated heterocycles. The van der Waals surface area contributed by atoms with E-state index in [1.807, 2.05) is 30.6 Å². The molecule has 4 rings (SSSR count). The number of hydrogen-bond acceptors (Lipinski definition) is 1. The molecule has 3 aromatic rings. The van der Waals surface area contributed by atoms with Crippen LogP contribution in [-0.2, 0) is 0 Å². The molecule has 20 heavy (non-hydrogen) atoms. The molecule has 0 saturated carbocycles. The summed E-state index contributed by atoms with van der Waals surface area (Å²) in [5.41, 5.74) is 4.64. The average molecular weight is 257 g/mol. The van der Waals surface area contributed by atoms with Gasteiger partial charge in [-0.25, -0.2) is 0 Å². The standard InChI is InChI=1S/C18H13N2/c1-3-7-16-13(5-1)9-10-19-18(16)15-11-14-6-2-4-8-17(14)20-12-15/h1-12,18H. The van der Waals surface area contributed by atoms with E-state index in [0.717, 1.165) is 16.5 Å². The first-order chi connectivity index (χ1) is 9.92. The van der Waals surface area contributed by atoms with Gasteiger partial charge in [-0.1, -0.05) is 42.5 Å². The topological polar surface area (TPSA) is 27.0 Å². The van der Waals surface area contributed by atoms with Crippen LogP contribution in [0.15, 0.2) is 67.0 Å². The first-order valence-corrected chi connectivity index (χ1v) is 6.72. The highest BCUT2D eigenvalue weighted by atomic mass is 14.9. The lowest BCUT2D eigenvalue weighted by atomic mass is 9.93. The van der Waals surface area contributed by atoms with Crippen LogP contribution < -0.4 is 5.32 Å². The first kappa shape index (κ1) is 11.2. The molecule has 1 aliphatic heterocycles. The summed E-state index contributed by atoms with van der Waals surface area (Å²) >= 11 is 0. The van der Waals surface area contributed by atoms with Crippen LogP contribution in [0.1, 0.15) is 22.7 Å². The Hall–Kier alpha value is -2.61. The fourth-order valence-electron chi connectivity index (χ4n) is 2.70. The van der Waals surface area contributed by atoms with Crippen LogP contribution in [0.25, 0.3) is 17.0 Å². The van der Waals surface area contributed by atoms with E-state index >= 15 is 0 Å². The zero-order valence-electron chi connectivity index (χ0n) is 10.9. The van der Waals surface area contributed by atoms with E-state index < -0.39 is 0 Å². The second kappa shape index (κ2) is 4.49. The number of rotatable bonds is 1. The van der Waals surface area contributed by atoms with Crippen molar-refractivity contribution in [2.24, 2.45) is 0 Å². The minimum Gasteiger partial charge on any atom is -0.280 e. The third kappa shape index (κ3) is 1.77. The summed E-state index contributed by atoms with van der Waals surface area (Å²) in [4.78, 5) is 4.55. The summed E-state index contributed by atoms with van der Waals surface area (Å²) in [6.45, 7) is 0. The van der Waals surface area contributed by atoms with Crippen molar-refractivity contribution in [1.29, 1.82) is 0 Å². The van der Waals surface area contributed by atoms with E-state index in [-0.39, 0.29) is 6.04 Å². The summed E-state index contributed by atoms with van der Waals surface area (Å²) in [6, 6.07) is 18.8. The molecule has 2 aromatic carbocycles. The van der Waals surface area contributed by atoms with Crippen LogP contribution in [0.4, 0.5) is 0 Å². The van der Waals surface area contributed by atoms with Gasteiger partial charge in [0.15, 0.2) is 0 Å². The van der Waals surface area contributed by atoms with Gasteiger partial charge in [0.25, 0.3) is 0 Å². The van der Waals surface area contributed by atoms with Crippen molar-refractivity contribution in [3.8, 4) is 0 Å². The number of nitrogens with zero attached hydrogens (tertiary/aromatic N) is 2. The Balaban J connectivity index is 1.85. The summed E-state index contributed by atoms with van der Waals surface area (Å²) in [6.07, 6.45) is 5.88. The van der Waals surface area contributed by atoms with Gasteiger partial charge < -0.3 is 0 Å². The van der Waals surface area contributed by atoms with Gasteiger partial charge in [-0.05, 0) is 34.9 Å². The highest BCUT2D eigenvalue weighted by Gasteiger charge is 2.19. The molecule has 95 valence electrons. The molecule has 1 unspecified atom stereocenters. The normalized spacial score (nSPS) is 16.7. The van der Waals surface area contributed by atoms with Crippen LogP contribution >= 0.6 is 0 Å². The molecule has 0 spiro atoms. The third-order valence-electron chi connectivity index (χ3n) is 3.71. The van der Waals surface area contributed by atoms with Crippen LogP contribution in [0, 0.1) is 0 Å². The van der Waals surface area contributed by atoms with Gasteiger partial charge in [0.1, 0.15) is 6.04 Å². The largest absolute Gasteiger partial charge is 0.280 e. The van der Waals surface area contributed by atoms with Crippen LogP contribution in [0.2, 0.25) is 0 Å². The molecule has 1 radical (unpaired) electrons. The van der Waals surface area contributed by atoms with E-state index in [2.05, 4.69) is 52.8 Å². The minimum absolute atomic E-state index is 0.0494. The van der Waals surface area contributed by atoms with Gasteiger partial charge in [0.2, 0.25) is 0 Å². The molecule has 2 heteroatoms. The molecule has 1 aromatic heterocycles. The molecule has 1 aliphatic rings. The fraction of sp³-hybridized carbons (Fsp3) is 0.0556. The molecular formula is C18H13N2. The highest BCUT2D eigenvalue weighted by Crippen LogP contribution is 2.30. The molecule has 0 fully saturated rings. The van der Waals surface area contributed by atoms with Crippen molar-refractivity contribution in [3.05, 3.63) is 83.7 Å².